The molecule has 0 amide bonds. The van der Waals surface area contributed by atoms with Crippen molar-refractivity contribution >= 4 is 11.5 Å². The molecule has 3 heteroatoms. The molecule has 1 fully saturated rings. The van der Waals surface area contributed by atoms with Crippen LogP contribution in [0.15, 0.2) is 65.7 Å². The van der Waals surface area contributed by atoms with Crippen LogP contribution in [-0.2, 0) is 0 Å². The Morgan fingerprint density at radius 3 is 2.32 bits per heavy atom. The minimum Gasteiger partial charge on any atom is -0.297 e. The number of nitrogens with one attached hydrogen (secondary N) is 1. The molecule has 0 unspecified atom stereocenters. The molecule has 1 aliphatic carbocycles. The molecular formula is C19H21N3. The van der Waals surface area contributed by atoms with Crippen molar-refractivity contribution in [3.63, 3.8) is 0 Å². The number of amidine groups is 1. The van der Waals surface area contributed by atoms with Gasteiger partial charge < -0.3 is 0 Å². The largest absolute Gasteiger partial charge is 0.297 e. The third-order valence-electron chi connectivity index (χ3n) is 4.60. The standard InChI is InChI=1S/C19H21N3/c1-3-9-15(10-4-1)19-20-17-13-7-8-14-18(17)22(19)21-16-11-5-2-6-12-16/h1-6,9-12,17-18,21H,7-8,13-14H2/t17-,18+/m1/s1. The number of rotatable bonds is 3. The van der Waals surface area contributed by atoms with Crippen molar-refractivity contribution < 1.29 is 0 Å². The van der Waals surface area contributed by atoms with E-state index in [1.165, 1.54) is 31.2 Å². The van der Waals surface area contributed by atoms with E-state index >= 15 is 0 Å². The molecule has 1 N–H and O–H groups in total. The van der Waals surface area contributed by atoms with E-state index in [-0.39, 0.29) is 0 Å². The van der Waals surface area contributed by atoms with Crippen LogP contribution in [0, 0.1) is 0 Å². The fraction of sp³-hybridized carbons (Fsp3) is 0.316. The lowest BCUT2D eigenvalue weighted by Gasteiger charge is -2.33. The van der Waals surface area contributed by atoms with Gasteiger partial charge in [-0.1, -0.05) is 61.4 Å². The highest BCUT2D eigenvalue weighted by atomic mass is 15.6. The smallest absolute Gasteiger partial charge is 0.150 e. The van der Waals surface area contributed by atoms with Crippen LogP contribution in [-0.4, -0.2) is 22.9 Å². The number of hydrazine groups is 1. The number of fused-ring (bicyclic) bond motifs is 1. The third-order valence-corrected chi connectivity index (χ3v) is 4.60. The minimum absolute atomic E-state index is 0.431. The Morgan fingerprint density at radius 2 is 1.55 bits per heavy atom. The van der Waals surface area contributed by atoms with E-state index in [4.69, 9.17) is 4.99 Å². The molecule has 3 nitrogen and oxygen atoms in total. The van der Waals surface area contributed by atoms with Crippen LogP contribution in [0.5, 0.6) is 0 Å². The molecule has 1 aliphatic heterocycles. The third kappa shape index (κ3) is 2.47. The number of para-hydroxylation sites is 1. The molecule has 0 spiro atoms. The van der Waals surface area contributed by atoms with Crippen molar-refractivity contribution in [2.45, 2.75) is 37.8 Å². The van der Waals surface area contributed by atoms with Crippen molar-refractivity contribution in [3.05, 3.63) is 66.2 Å². The van der Waals surface area contributed by atoms with Gasteiger partial charge in [-0.25, -0.2) is 0 Å². The van der Waals surface area contributed by atoms with Gasteiger partial charge in [-0.3, -0.25) is 15.4 Å². The number of benzene rings is 2. The molecule has 2 aliphatic rings. The van der Waals surface area contributed by atoms with E-state index in [2.05, 4.69) is 65.0 Å². The van der Waals surface area contributed by atoms with E-state index in [0.717, 1.165) is 11.5 Å². The predicted octanol–water partition coefficient (Wildman–Crippen LogP) is 4.09. The van der Waals surface area contributed by atoms with E-state index in [1.54, 1.807) is 0 Å². The first-order valence-electron chi connectivity index (χ1n) is 8.16. The van der Waals surface area contributed by atoms with Crippen LogP contribution in [0.2, 0.25) is 0 Å². The number of aliphatic imine (C=N–C) groups is 1. The maximum absolute atomic E-state index is 5.04. The Kier molecular flexibility index (Phi) is 3.55. The second kappa shape index (κ2) is 5.84. The van der Waals surface area contributed by atoms with Crippen molar-refractivity contribution in [3.8, 4) is 0 Å². The summed E-state index contributed by atoms with van der Waals surface area (Å²) in [5.41, 5.74) is 5.91. The summed E-state index contributed by atoms with van der Waals surface area (Å²) in [4.78, 5) is 5.04. The predicted molar refractivity (Wildman–Crippen MR) is 90.9 cm³/mol. The van der Waals surface area contributed by atoms with Crippen molar-refractivity contribution in [2.24, 2.45) is 4.99 Å². The van der Waals surface area contributed by atoms with Gasteiger partial charge in [-0.2, -0.15) is 0 Å². The van der Waals surface area contributed by atoms with Gasteiger partial charge in [-0.05, 0) is 25.0 Å². The molecule has 0 radical (unpaired) electrons. The highest BCUT2D eigenvalue weighted by Crippen LogP contribution is 2.32. The van der Waals surface area contributed by atoms with Crippen LogP contribution in [0.25, 0.3) is 0 Å². The molecule has 1 saturated carbocycles. The lowest BCUT2D eigenvalue weighted by molar-refractivity contribution is 0.274. The summed E-state index contributed by atoms with van der Waals surface area (Å²) in [6.07, 6.45) is 5.01. The Morgan fingerprint density at radius 1 is 0.864 bits per heavy atom. The molecular weight excluding hydrogens is 270 g/mol. The van der Waals surface area contributed by atoms with E-state index in [0.29, 0.717) is 12.1 Å². The fourth-order valence-electron chi connectivity index (χ4n) is 3.51. The average molecular weight is 291 g/mol. The Bertz CT molecular complexity index is 651. The topological polar surface area (TPSA) is 27.6 Å². The van der Waals surface area contributed by atoms with E-state index in [9.17, 15) is 0 Å². The zero-order chi connectivity index (χ0) is 14.8. The summed E-state index contributed by atoms with van der Waals surface area (Å²) in [6, 6.07) is 21.8. The molecule has 0 bridgehead atoms. The van der Waals surface area contributed by atoms with Crippen molar-refractivity contribution in [1.29, 1.82) is 0 Å². The first-order valence-corrected chi connectivity index (χ1v) is 8.16. The summed E-state index contributed by atoms with van der Waals surface area (Å²) in [6.45, 7) is 0. The molecule has 2 aromatic carbocycles. The first-order chi connectivity index (χ1) is 10.9. The molecule has 112 valence electrons. The summed E-state index contributed by atoms with van der Waals surface area (Å²) in [7, 11) is 0. The van der Waals surface area contributed by atoms with Gasteiger partial charge in [0.15, 0.2) is 0 Å². The quantitative estimate of drug-likeness (QED) is 0.922. The van der Waals surface area contributed by atoms with Gasteiger partial charge in [0.25, 0.3) is 0 Å². The SMILES string of the molecule is c1ccc(NN2C(c3ccccc3)=N[C@@H]3CCCC[C@@H]32)cc1. The van der Waals surface area contributed by atoms with Crippen LogP contribution in [0.1, 0.15) is 31.2 Å². The van der Waals surface area contributed by atoms with Crippen LogP contribution in [0.3, 0.4) is 0 Å². The van der Waals surface area contributed by atoms with Gasteiger partial charge >= 0.3 is 0 Å². The van der Waals surface area contributed by atoms with Gasteiger partial charge in [0, 0.05) is 5.56 Å². The lowest BCUT2D eigenvalue weighted by Crippen LogP contribution is -2.45. The zero-order valence-corrected chi connectivity index (χ0v) is 12.7. The monoisotopic (exact) mass is 291 g/mol. The minimum atomic E-state index is 0.431. The highest BCUT2D eigenvalue weighted by Gasteiger charge is 2.38. The van der Waals surface area contributed by atoms with Gasteiger partial charge in [0.2, 0.25) is 0 Å². The number of hydrogen-bond acceptors (Lipinski definition) is 3. The summed E-state index contributed by atoms with van der Waals surface area (Å²) < 4.78 is 0. The summed E-state index contributed by atoms with van der Waals surface area (Å²) in [5.74, 6) is 1.08. The normalized spacial score (nSPS) is 23.8. The fourth-order valence-corrected chi connectivity index (χ4v) is 3.51. The zero-order valence-electron chi connectivity index (χ0n) is 12.7. The molecule has 0 saturated heterocycles. The molecule has 2 aromatic rings. The van der Waals surface area contributed by atoms with Crippen molar-refractivity contribution in [1.82, 2.24) is 5.01 Å². The molecule has 4 rings (SSSR count). The summed E-state index contributed by atoms with van der Waals surface area (Å²) >= 11 is 0. The number of nitrogens with zero attached hydrogens (tertiary/aromatic N) is 2. The second-order valence-corrected chi connectivity index (χ2v) is 6.09. The van der Waals surface area contributed by atoms with Crippen LogP contribution in [0.4, 0.5) is 5.69 Å². The average Bonchev–Trinajstić information content (AvgIpc) is 2.95. The maximum Gasteiger partial charge on any atom is 0.150 e. The Labute approximate surface area is 131 Å². The molecule has 2 atom stereocenters. The second-order valence-electron chi connectivity index (χ2n) is 6.09. The van der Waals surface area contributed by atoms with Gasteiger partial charge in [0.1, 0.15) is 5.84 Å². The lowest BCUT2D eigenvalue weighted by atomic mass is 9.91. The molecule has 0 aromatic heterocycles. The molecule has 1 heterocycles. The maximum atomic E-state index is 5.04. The van der Waals surface area contributed by atoms with E-state index < -0.39 is 0 Å². The number of hydrogen-bond donors (Lipinski definition) is 1. The van der Waals surface area contributed by atoms with Gasteiger partial charge in [-0.15, -0.1) is 0 Å². The van der Waals surface area contributed by atoms with E-state index in [1.807, 2.05) is 6.07 Å². The Hall–Kier alpha value is -2.29. The van der Waals surface area contributed by atoms with Crippen LogP contribution < -0.4 is 5.43 Å². The highest BCUT2D eigenvalue weighted by molar-refractivity contribution is 6.01. The Balaban J connectivity index is 1.67. The molecule has 22 heavy (non-hydrogen) atoms. The van der Waals surface area contributed by atoms with Gasteiger partial charge in [0.05, 0.1) is 17.8 Å². The first kappa shape index (κ1) is 13.4. The van der Waals surface area contributed by atoms with Crippen molar-refractivity contribution in [2.75, 3.05) is 5.43 Å². The number of anilines is 1. The van der Waals surface area contributed by atoms with Crippen LogP contribution >= 0.6 is 0 Å². The summed E-state index contributed by atoms with van der Waals surface area (Å²) in [5, 5.41) is 2.30.